The van der Waals surface area contributed by atoms with Crippen LogP contribution in [0.4, 0.5) is 5.82 Å². The van der Waals surface area contributed by atoms with Crippen molar-refractivity contribution in [1.82, 2.24) is 4.98 Å². The fourth-order valence-corrected chi connectivity index (χ4v) is 3.34. The lowest BCUT2D eigenvalue weighted by molar-refractivity contribution is 0.668. The summed E-state index contributed by atoms with van der Waals surface area (Å²) in [6, 6.07) is 6.29. The van der Waals surface area contributed by atoms with Crippen molar-refractivity contribution in [3.63, 3.8) is 0 Å². The summed E-state index contributed by atoms with van der Waals surface area (Å²) in [5.74, 6) is 0.826. The molecule has 0 unspecified atom stereocenters. The molecule has 3 rings (SSSR count). The minimum absolute atomic E-state index is 0.416. The molecule has 1 aliphatic carbocycles. The zero-order valence-electron chi connectivity index (χ0n) is 11.2. The maximum absolute atomic E-state index is 5.85. The Balaban J connectivity index is 1.89. The van der Waals surface area contributed by atoms with Gasteiger partial charge in [0.1, 0.15) is 10.8 Å². The minimum Gasteiger partial charge on any atom is -0.389 e. The predicted molar refractivity (Wildman–Crippen MR) is 88.4 cm³/mol. The standard InChI is InChI=1S/C15H17N3S2/c16-14(19)12-8-10-4-1-2-6-13(10)18-15(12)17-9-11-5-3-7-20-11/h3,5,7-8H,1-2,4,6,9H2,(H2,16,19)(H,17,18). The zero-order valence-corrected chi connectivity index (χ0v) is 12.8. The maximum Gasteiger partial charge on any atom is 0.136 e. The number of thiocarbonyl (C=S) groups is 1. The average molecular weight is 303 g/mol. The molecule has 0 atom stereocenters. The highest BCUT2D eigenvalue weighted by Gasteiger charge is 2.16. The number of pyridine rings is 1. The van der Waals surface area contributed by atoms with E-state index in [-0.39, 0.29) is 0 Å². The van der Waals surface area contributed by atoms with Gasteiger partial charge in [-0.1, -0.05) is 18.3 Å². The van der Waals surface area contributed by atoms with Crippen LogP contribution >= 0.6 is 23.6 Å². The third-order valence-electron chi connectivity index (χ3n) is 3.58. The highest BCUT2D eigenvalue weighted by molar-refractivity contribution is 7.80. The van der Waals surface area contributed by atoms with Crippen LogP contribution in [0.5, 0.6) is 0 Å². The molecule has 0 fully saturated rings. The number of aromatic nitrogens is 1. The molecule has 5 heteroatoms. The van der Waals surface area contributed by atoms with Crippen LogP contribution in [0.15, 0.2) is 23.6 Å². The van der Waals surface area contributed by atoms with Gasteiger partial charge >= 0.3 is 0 Å². The van der Waals surface area contributed by atoms with Crippen molar-refractivity contribution in [3.8, 4) is 0 Å². The molecule has 2 heterocycles. The van der Waals surface area contributed by atoms with Gasteiger partial charge in [0.05, 0.1) is 12.1 Å². The summed E-state index contributed by atoms with van der Waals surface area (Å²) >= 11 is 6.90. The molecule has 1 aliphatic rings. The van der Waals surface area contributed by atoms with Crippen LogP contribution in [-0.2, 0) is 19.4 Å². The lowest BCUT2D eigenvalue weighted by atomic mass is 9.94. The molecule has 20 heavy (non-hydrogen) atoms. The van der Waals surface area contributed by atoms with Gasteiger partial charge in [0.25, 0.3) is 0 Å². The van der Waals surface area contributed by atoms with Crippen molar-refractivity contribution in [3.05, 3.63) is 45.3 Å². The Morgan fingerprint density at radius 2 is 2.25 bits per heavy atom. The molecule has 2 aromatic heterocycles. The SMILES string of the molecule is NC(=S)c1cc2c(nc1NCc1cccs1)CCCC2. The van der Waals surface area contributed by atoms with E-state index < -0.39 is 0 Å². The van der Waals surface area contributed by atoms with Crippen LogP contribution in [0.3, 0.4) is 0 Å². The highest BCUT2D eigenvalue weighted by atomic mass is 32.1. The molecule has 0 aromatic carbocycles. The third-order valence-corrected chi connectivity index (χ3v) is 4.67. The molecular formula is C15H17N3S2. The van der Waals surface area contributed by atoms with Gasteiger partial charge in [0, 0.05) is 10.6 Å². The van der Waals surface area contributed by atoms with E-state index in [1.54, 1.807) is 11.3 Å². The first-order valence-corrected chi connectivity index (χ1v) is 8.11. The second-order valence-corrected chi connectivity index (χ2v) is 6.47. The number of fused-ring (bicyclic) bond motifs is 1. The predicted octanol–water partition coefficient (Wildman–Crippen LogP) is 3.27. The Kier molecular flexibility index (Phi) is 3.98. The van der Waals surface area contributed by atoms with E-state index in [1.165, 1.54) is 29.0 Å². The number of thiophene rings is 1. The van der Waals surface area contributed by atoms with Crippen molar-refractivity contribution in [1.29, 1.82) is 0 Å². The number of nitrogens with two attached hydrogens (primary N) is 1. The number of hydrogen-bond acceptors (Lipinski definition) is 4. The van der Waals surface area contributed by atoms with E-state index in [4.69, 9.17) is 22.9 Å². The Labute approximate surface area is 128 Å². The minimum atomic E-state index is 0.416. The van der Waals surface area contributed by atoms with Crippen molar-refractivity contribution < 1.29 is 0 Å². The summed E-state index contributed by atoms with van der Waals surface area (Å²) in [5, 5.41) is 5.45. The summed E-state index contributed by atoms with van der Waals surface area (Å²) in [4.78, 5) is 6.45. The highest BCUT2D eigenvalue weighted by Crippen LogP contribution is 2.25. The van der Waals surface area contributed by atoms with Crippen molar-refractivity contribution >= 4 is 34.4 Å². The Morgan fingerprint density at radius 3 is 3.00 bits per heavy atom. The quantitative estimate of drug-likeness (QED) is 0.851. The Bertz CT molecular complexity index is 620. The number of nitrogens with zero attached hydrogens (tertiary/aromatic N) is 1. The van der Waals surface area contributed by atoms with E-state index in [2.05, 4.69) is 28.9 Å². The smallest absolute Gasteiger partial charge is 0.136 e. The van der Waals surface area contributed by atoms with Gasteiger partial charge in [-0.3, -0.25) is 0 Å². The van der Waals surface area contributed by atoms with Crippen molar-refractivity contribution in [2.24, 2.45) is 5.73 Å². The summed E-state index contributed by atoms with van der Waals surface area (Å²) < 4.78 is 0. The van der Waals surface area contributed by atoms with Gasteiger partial charge in [-0.2, -0.15) is 0 Å². The monoisotopic (exact) mass is 303 g/mol. The molecule has 0 saturated heterocycles. The summed E-state index contributed by atoms with van der Waals surface area (Å²) in [7, 11) is 0. The van der Waals surface area contributed by atoms with Crippen LogP contribution in [0.2, 0.25) is 0 Å². The fraction of sp³-hybridized carbons (Fsp3) is 0.333. The molecular weight excluding hydrogens is 286 g/mol. The topological polar surface area (TPSA) is 50.9 Å². The van der Waals surface area contributed by atoms with Gasteiger partial charge in [-0.25, -0.2) is 4.98 Å². The number of rotatable bonds is 4. The molecule has 0 aliphatic heterocycles. The number of aryl methyl sites for hydroxylation is 2. The average Bonchev–Trinajstić information content (AvgIpc) is 2.97. The van der Waals surface area contributed by atoms with Crippen LogP contribution in [0, 0.1) is 0 Å². The van der Waals surface area contributed by atoms with Crippen LogP contribution in [0.1, 0.15) is 34.5 Å². The second kappa shape index (κ2) is 5.89. The van der Waals surface area contributed by atoms with Gasteiger partial charge in [-0.05, 0) is 48.8 Å². The lowest BCUT2D eigenvalue weighted by Crippen LogP contribution is -2.17. The second-order valence-electron chi connectivity index (χ2n) is 4.99. The fourth-order valence-electron chi connectivity index (χ4n) is 2.54. The number of hydrogen-bond donors (Lipinski definition) is 2. The lowest BCUT2D eigenvalue weighted by Gasteiger charge is -2.19. The molecule has 3 nitrogen and oxygen atoms in total. The van der Waals surface area contributed by atoms with E-state index in [1.807, 2.05) is 0 Å². The molecule has 2 aromatic rings. The summed E-state index contributed by atoms with van der Waals surface area (Å²) in [5.41, 5.74) is 9.23. The van der Waals surface area contributed by atoms with E-state index in [0.29, 0.717) is 4.99 Å². The molecule has 0 radical (unpaired) electrons. The van der Waals surface area contributed by atoms with Gasteiger partial charge in [0.2, 0.25) is 0 Å². The summed E-state index contributed by atoms with van der Waals surface area (Å²) in [6.07, 6.45) is 4.59. The Morgan fingerprint density at radius 1 is 1.40 bits per heavy atom. The molecule has 0 bridgehead atoms. The molecule has 3 N–H and O–H groups in total. The molecule has 104 valence electrons. The third kappa shape index (κ3) is 2.83. The maximum atomic E-state index is 5.85. The van der Waals surface area contributed by atoms with Crippen molar-refractivity contribution in [2.75, 3.05) is 5.32 Å². The van der Waals surface area contributed by atoms with E-state index in [0.717, 1.165) is 30.8 Å². The number of anilines is 1. The van der Waals surface area contributed by atoms with Gasteiger partial charge < -0.3 is 11.1 Å². The van der Waals surface area contributed by atoms with Gasteiger partial charge in [0.15, 0.2) is 0 Å². The van der Waals surface area contributed by atoms with Crippen LogP contribution in [0.25, 0.3) is 0 Å². The van der Waals surface area contributed by atoms with Gasteiger partial charge in [-0.15, -0.1) is 11.3 Å². The van der Waals surface area contributed by atoms with Crippen LogP contribution < -0.4 is 11.1 Å². The summed E-state index contributed by atoms with van der Waals surface area (Å²) in [6.45, 7) is 0.763. The first-order chi connectivity index (χ1) is 9.74. The molecule has 0 amide bonds. The van der Waals surface area contributed by atoms with Crippen molar-refractivity contribution in [2.45, 2.75) is 32.2 Å². The van der Waals surface area contributed by atoms with E-state index >= 15 is 0 Å². The normalized spacial score (nSPS) is 13.8. The zero-order chi connectivity index (χ0) is 13.9. The molecule has 0 spiro atoms. The largest absolute Gasteiger partial charge is 0.389 e. The first-order valence-electron chi connectivity index (χ1n) is 6.83. The Hall–Kier alpha value is -1.46. The van der Waals surface area contributed by atoms with Crippen LogP contribution in [-0.4, -0.2) is 9.97 Å². The number of nitrogens with one attached hydrogen (secondary N) is 1. The van der Waals surface area contributed by atoms with E-state index in [9.17, 15) is 0 Å². The molecule has 0 saturated carbocycles. The first kappa shape index (κ1) is 13.5.